The molecule has 118 valence electrons. The largest absolute Gasteiger partial charge is 0.481 e. The summed E-state index contributed by atoms with van der Waals surface area (Å²) < 4.78 is 29.2. The Morgan fingerprint density at radius 1 is 1.38 bits per heavy atom. The van der Waals surface area contributed by atoms with Crippen LogP contribution < -0.4 is 4.72 Å². The summed E-state index contributed by atoms with van der Waals surface area (Å²) >= 11 is 0. The second kappa shape index (κ2) is 5.42. The zero-order valence-electron chi connectivity index (χ0n) is 12.6. The van der Waals surface area contributed by atoms with Gasteiger partial charge in [0.05, 0.1) is 17.3 Å². The normalized spacial score (nSPS) is 22.3. The highest BCUT2D eigenvalue weighted by Gasteiger charge is 2.38. The van der Waals surface area contributed by atoms with Gasteiger partial charge in [0, 0.05) is 12.1 Å². The van der Waals surface area contributed by atoms with Gasteiger partial charge >= 0.3 is 5.97 Å². The molecule has 0 amide bonds. The minimum absolute atomic E-state index is 0.0766. The van der Waals surface area contributed by atoms with Crippen molar-refractivity contribution in [3.05, 3.63) is 11.4 Å². The number of hydrogen-bond donors (Lipinski definition) is 2. The zero-order chi connectivity index (χ0) is 15.9. The summed E-state index contributed by atoms with van der Waals surface area (Å²) in [6.45, 7) is 7.27. The van der Waals surface area contributed by atoms with Crippen LogP contribution in [-0.4, -0.2) is 35.3 Å². The van der Waals surface area contributed by atoms with Crippen molar-refractivity contribution in [3.63, 3.8) is 0 Å². The second-order valence-electron chi connectivity index (χ2n) is 5.86. The van der Waals surface area contributed by atoms with E-state index in [1.54, 1.807) is 18.5 Å². The van der Waals surface area contributed by atoms with Crippen LogP contribution in [0.15, 0.2) is 4.90 Å². The molecule has 7 nitrogen and oxygen atoms in total. The van der Waals surface area contributed by atoms with Crippen molar-refractivity contribution in [1.29, 1.82) is 0 Å². The van der Waals surface area contributed by atoms with Crippen LogP contribution in [0.5, 0.6) is 0 Å². The topological polar surface area (TPSA) is 101 Å². The van der Waals surface area contributed by atoms with Crippen LogP contribution in [0.4, 0.5) is 0 Å². The fourth-order valence-electron chi connectivity index (χ4n) is 2.73. The highest BCUT2D eigenvalue weighted by molar-refractivity contribution is 7.89. The Labute approximate surface area is 124 Å². The summed E-state index contributed by atoms with van der Waals surface area (Å²) in [5.41, 5.74) is 1.06. The van der Waals surface area contributed by atoms with Crippen molar-refractivity contribution in [2.75, 3.05) is 0 Å². The molecule has 0 unspecified atom stereocenters. The number of carbonyl (C=O) groups is 1. The first-order valence-electron chi connectivity index (χ1n) is 6.94. The molecule has 0 atom stereocenters. The van der Waals surface area contributed by atoms with E-state index in [9.17, 15) is 13.2 Å². The summed E-state index contributed by atoms with van der Waals surface area (Å²) in [5.74, 6) is -1.32. The van der Waals surface area contributed by atoms with E-state index in [0.29, 0.717) is 24.2 Å². The first-order valence-corrected chi connectivity index (χ1v) is 8.42. The number of aliphatic carboxylic acids is 1. The molecular weight excluding hydrogens is 294 g/mol. The number of hydrogen-bond acceptors (Lipinski definition) is 4. The second-order valence-corrected chi connectivity index (χ2v) is 7.51. The van der Waals surface area contributed by atoms with Crippen molar-refractivity contribution in [1.82, 2.24) is 14.5 Å². The molecule has 1 saturated carbocycles. The maximum Gasteiger partial charge on any atom is 0.306 e. The maximum absolute atomic E-state index is 12.5. The lowest BCUT2D eigenvalue weighted by atomic mass is 9.81. The summed E-state index contributed by atoms with van der Waals surface area (Å²) in [4.78, 5) is 11.0. The molecular formula is C13H21N3O4S. The molecule has 1 heterocycles. The molecule has 1 aromatic rings. The molecule has 0 aliphatic heterocycles. The van der Waals surface area contributed by atoms with Gasteiger partial charge in [0.1, 0.15) is 4.90 Å². The van der Waals surface area contributed by atoms with Crippen molar-refractivity contribution >= 4 is 16.0 Å². The first kappa shape index (κ1) is 16.0. The number of nitrogens with zero attached hydrogens (tertiary/aromatic N) is 2. The summed E-state index contributed by atoms with van der Waals surface area (Å²) in [6, 6.07) is -0.231. The highest BCUT2D eigenvalue weighted by atomic mass is 32.2. The number of aryl methyl sites for hydroxylation is 1. The van der Waals surface area contributed by atoms with Gasteiger partial charge < -0.3 is 5.11 Å². The predicted octanol–water partition coefficient (Wildman–Crippen LogP) is 1.22. The van der Waals surface area contributed by atoms with Gasteiger partial charge in [0.15, 0.2) is 0 Å². The fraction of sp³-hybridized carbons (Fsp3) is 0.692. The van der Waals surface area contributed by atoms with Gasteiger partial charge in [-0.25, -0.2) is 13.1 Å². The number of sulfonamides is 1. The molecule has 0 bridgehead atoms. The number of carboxylic acid groups (broad SMARTS) is 1. The van der Waals surface area contributed by atoms with Crippen LogP contribution in [0.2, 0.25) is 0 Å². The minimum Gasteiger partial charge on any atom is -0.481 e. The number of aromatic nitrogens is 2. The third-order valence-electron chi connectivity index (χ3n) is 3.83. The standard InChI is InChI=1S/C13H21N3O4S/c1-7(2)16-9(4)12(8(3)14-16)21(19,20)15-11-5-10(6-11)13(17)18/h7,10-11,15H,5-6H2,1-4H3,(H,17,18). The van der Waals surface area contributed by atoms with Gasteiger partial charge in [-0.05, 0) is 40.5 Å². The van der Waals surface area contributed by atoms with E-state index in [2.05, 4.69) is 9.82 Å². The molecule has 21 heavy (non-hydrogen) atoms. The molecule has 8 heteroatoms. The van der Waals surface area contributed by atoms with E-state index in [-0.39, 0.29) is 17.0 Å². The molecule has 0 saturated heterocycles. The number of nitrogens with one attached hydrogen (secondary N) is 1. The van der Waals surface area contributed by atoms with Crippen LogP contribution in [0, 0.1) is 19.8 Å². The average molecular weight is 315 g/mol. The minimum atomic E-state index is -3.67. The Balaban J connectivity index is 2.20. The molecule has 1 fully saturated rings. The van der Waals surface area contributed by atoms with E-state index < -0.39 is 21.9 Å². The quantitative estimate of drug-likeness (QED) is 0.851. The third kappa shape index (κ3) is 2.96. The van der Waals surface area contributed by atoms with Gasteiger partial charge in [-0.1, -0.05) is 0 Å². The van der Waals surface area contributed by atoms with E-state index in [0.717, 1.165) is 0 Å². The van der Waals surface area contributed by atoms with Crippen LogP contribution in [0.25, 0.3) is 0 Å². The van der Waals surface area contributed by atoms with Gasteiger partial charge in [-0.2, -0.15) is 5.10 Å². The maximum atomic E-state index is 12.5. The van der Waals surface area contributed by atoms with Crippen molar-refractivity contribution in [3.8, 4) is 0 Å². The Bertz CT molecular complexity index is 657. The van der Waals surface area contributed by atoms with E-state index in [1.807, 2.05) is 13.8 Å². The van der Waals surface area contributed by atoms with Gasteiger partial charge in [-0.3, -0.25) is 9.48 Å². The smallest absolute Gasteiger partial charge is 0.306 e. The van der Waals surface area contributed by atoms with E-state index in [4.69, 9.17) is 5.11 Å². The molecule has 2 N–H and O–H groups in total. The predicted molar refractivity (Wildman–Crippen MR) is 76.6 cm³/mol. The molecule has 0 spiro atoms. The Morgan fingerprint density at radius 3 is 2.38 bits per heavy atom. The highest BCUT2D eigenvalue weighted by Crippen LogP contribution is 2.30. The SMILES string of the molecule is Cc1nn(C(C)C)c(C)c1S(=O)(=O)NC1CC(C(=O)O)C1. The van der Waals surface area contributed by atoms with E-state index in [1.165, 1.54) is 0 Å². The van der Waals surface area contributed by atoms with Crippen molar-refractivity contribution in [2.45, 2.75) is 57.5 Å². The third-order valence-corrected chi connectivity index (χ3v) is 5.60. The molecule has 1 aromatic heterocycles. The lowest BCUT2D eigenvalue weighted by Crippen LogP contribution is -2.46. The molecule has 2 rings (SSSR count). The van der Waals surface area contributed by atoms with Gasteiger partial charge in [0.25, 0.3) is 0 Å². The van der Waals surface area contributed by atoms with Crippen LogP contribution in [0.3, 0.4) is 0 Å². The van der Waals surface area contributed by atoms with E-state index >= 15 is 0 Å². The summed E-state index contributed by atoms with van der Waals surface area (Å²) in [6.07, 6.45) is 0.677. The molecule has 0 aromatic carbocycles. The first-order chi connectivity index (χ1) is 9.63. The van der Waals surface area contributed by atoms with Crippen LogP contribution in [0.1, 0.15) is 44.1 Å². The van der Waals surface area contributed by atoms with Crippen molar-refractivity contribution < 1.29 is 18.3 Å². The van der Waals surface area contributed by atoms with Crippen LogP contribution in [-0.2, 0) is 14.8 Å². The van der Waals surface area contributed by atoms with Crippen LogP contribution >= 0.6 is 0 Å². The Morgan fingerprint density at radius 2 is 1.95 bits per heavy atom. The van der Waals surface area contributed by atoms with Gasteiger partial charge in [-0.15, -0.1) is 0 Å². The Hall–Kier alpha value is -1.41. The lowest BCUT2D eigenvalue weighted by molar-refractivity contribution is -0.145. The summed E-state index contributed by atoms with van der Waals surface area (Å²) in [5, 5.41) is 13.1. The molecule has 1 aliphatic rings. The average Bonchev–Trinajstić information content (AvgIpc) is 2.59. The van der Waals surface area contributed by atoms with Crippen molar-refractivity contribution in [2.24, 2.45) is 5.92 Å². The Kier molecular flexibility index (Phi) is 4.12. The zero-order valence-corrected chi connectivity index (χ0v) is 13.4. The number of rotatable bonds is 5. The monoisotopic (exact) mass is 315 g/mol. The summed E-state index contributed by atoms with van der Waals surface area (Å²) in [7, 11) is -3.67. The van der Waals surface area contributed by atoms with Gasteiger partial charge in [0.2, 0.25) is 10.0 Å². The lowest BCUT2D eigenvalue weighted by Gasteiger charge is -2.32. The fourth-order valence-corrected chi connectivity index (χ4v) is 4.39. The molecule has 1 aliphatic carbocycles. The number of carboxylic acids is 1. The molecule has 0 radical (unpaired) electrons.